The number of aliphatic hydroxyl groups is 2. The van der Waals surface area contributed by atoms with E-state index in [1.54, 1.807) is 13.8 Å². The molecule has 2 unspecified atom stereocenters. The van der Waals surface area contributed by atoms with Crippen LogP contribution in [0.3, 0.4) is 0 Å². The van der Waals surface area contributed by atoms with Crippen molar-refractivity contribution in [2.75, 3.05) is 5.75 Å². The lowest BCUT2D eigenvalue weighted by Gasteiger charge is -2.16. The molecule has 0 bridgehead atoms. The van der Waals surface area contributed by atoms with Gasteiger partial charge in [-0.25, -0.2) is 0 Å². The molecule has 0 radical (unpaired) electrons. The van der Waals surface area contributed by atoms with Crippen LogP contribution in [0, 0.1) is 13.8 Å². The van der Waals surface area contributed by atoms with Crippen LogP contribution in [-0.4, -0.2) is 32.3 Å². The van der Waals surface area contributed by atoms with Crippen LogP contribution in [0.5, 0.6) is 0 Å². The highest BCUT2D eigenvalue weighted by Crippen LogP contribution is 2.25. The Morgan fingerprint density at radius 2 is 2.12 bits per heavy atom. The Labute approximate surface area is 97.8 Å². The van der Waals surface area contributed by atoms with Gasteiger partial charge in [0, 0.05) is 18.2 Å². The zero-order valence-electron chi connectivity index (χ0n) is 9.43. The van der Waals surface area contributed by atoms with Crippen molar-refractivity contribution < 1.29 is 19.5 Å². The molecular formula is C10H15NO4S. The van der Waals surface area contributed by atoms with Gasteiger partial charge in [0.05, 0.1) is 11.8 Å². The highest BCUT2D eigenvalue weighted by Gasteiger charge is 2.25. The lowest BCUT2D eigenvalue weighted by Crippen LogP contribution is -2.22. The molecule has 0 saturated carbocycles. The second kappa shape index (κ2) is 5.47. The van der Waals surface area contributed by atoms with E-state index in [0.29, 0.717) is 17.0 Å². The number of aliphatic hydroxyl groups excluding tert-OH is 2. The summed E-state index contributed by atoms with van der Waals surface area (Å²) in [5, 5.41) is 23.2. The zero-order valence-corrected chi connectivity index (χ0v) is 10.2. The molecule has 2 atom stereocenters. The Bertz CT molecular complexity index is 357. The van der Waals surface area contributed by atoms with Crippen LogP contribution in [0.2, 0.25) is 0 Å². The number of aromatic nitrogens is 1. The number of aryl methyl sites for hydroxylation is 2. The number of carbonyl (C=O) groups is 1. The molecule has 90 valence electrons. The zero-order chi connectivity index (χ0) is 12.3. The summed E-state index contributed by atoms with van der Waals surface area (Å²) in [6, 6.07) is 0. The highest BCUT2D eigenvalue weighted by atomic mass is 32.2. The molecular weight excluding hydrogens is 230 g/mol. The van der Waals surface area contributed by atoms with E-state index in [-0.39, 0.29) is 10.9 Å². The first-order valence-corrected chi connectivity index (χ1v) is 5.84. The van der Waals surface area contributed by atoms with Gasteiger partial charge in [0.1, 0.15) is 11.9 Å². The fraction of sp³-hybridized carbons (Fsp3) is 0.600. The van der Waals surface area contributed by atoms with Gasteiger partial charge in [0.25, 0.3) is 0 Å². The Hall–Kier alpha value is -0.850. The van der Waals surface area contributed by atoms with Crippen LogP contribution < -0.4 is 0 Å². The van der Waals surface area contributed by atoms with Crippen LogP contribution >= 0.6 is 11.8 Å². The molecule has 2 N–H and O–H groups in total. The summed E-state index contributed by atoms with van der Waals surface area (Å²) in [6.07, 6.45) is -2.08. The van der Waals surface area contributed by atoms with E-state index in [1.807, 2.05) is 0 Å². The fourth-order valence-electron chi connectivity index (χ4n) is 1.40. The van der Waals surface area contributed by atoms with Crippen LogP contribution in [0.1, 0.15) is 30.0 Å². The van der Waals surface area contributed by atoms with Crippen LogP contribution in [-0.2, 0) is 4.79 Å². The minimum Gasteiger partial charge on any atom is -0.389 e. The smallest absolute Gasteiger partial charge is 0.185 e. The van der Waals surface area contributed by atoms with Crippen LogP contribution in [0.4, 0.5) is 0 Å². The monoisotopic (exact) mass is 245 g/mol. The Morgan fingerprint density at radius 3 is 2.56 bits per heavy atom. The normalized spacial score (nSPS) is 14.8. The molecule has 5 nitrogen and oxygen atoms in total. The largest absolute Gasteiger partial charge is 0.389 e. The first kappa shape index (κ1) is 13.2. The third-order valence-corrected chi connectivity index (χ3v) is 3.12. The summed E-state index contributed by atoms with van der Waals surface area (Å²) in [7, 11) is 0. The number of thioether (sulfide) groups is 1. The van der Waals surface area contributed by atoms with Crippen LogP contribution in [0.25, 0.3) is 0 Å². The summed E-state index contributed by atoms with van der Waals surface area (Å²) < 4.78 is 4.90. The molecule has 0 spiro atoms. The summed E-state index contributed by atoms with van der Waals surface area (Å²) in [5.41, 5.74) is 1.05. The first-order chi connectivity index (χ1) is 7.43. The quantitative estimate of drug-likeness (QED) is 0.822. The fourth-order valence-corrected chi connectivity index (χ4v) is 1.99. The molecule has 0 fully saturated rings. The van der Waals surface area contributed by atoms with Gasteiger partial charge in [-0.1, -0.05) is 16.9 Å². The lowest BCUT2D eigenvalue weighted by atomic mass is 10.0. The van der Waals surface area contributed by atoms with Gasteiger partial charge in [-0.3, -0.25) is 4.79 Å². The standard InChI is InChI=1S/C10H15NO4S/c1-5-9(6(2)15-11-5)10(14)8(13)4-16-7(3)12/h8,10,13-14H,4H2,1-3H3. The molecule has 0 aromatic carbocycles. The molecule has 1 aromatic heterocycles. The Morgan fingerprint density at radius 1 is 1.50 bits per heavy atom. The summed E-state index contributed by atoms with van der Waals surface area (Å²) in [4.78, 5) is 10.7. The van der Waals surface area contributed by atoms with Crippen molar-refractivity contribution in [2.45, 2.75) is 33.0 Å². The second-order valence-electron chi connectivity index (χ2n) is 3.55. The van der Waals surface area contributed by atoms with E-state index in [0.717, 1.165) is 11.8 Å². The van der Waals surface area contributed by atoms with Gasteiger partial charge in [-0.05, 0) is 13.8 Å². The number of nitrogens with zero attached hydrogens (tertiary/aromatic N) is 1. The first-order valence-electron chi connectivity index (χ1n) is 4.85. The van der Waals surface area contributed by atoms with Crippen molar-refractivity contribution in [2.24, 2.45) is 0 Å². The van der Waals surface area contributed by atoms with Crippen molar-refractivity contribution in [3.05, 3.63) is 17.0 Å². The maximum atomic E-state index is 10.7. The average Bonchev–Trinajstić information content (AvgIpc) is 2.54. The van der Waals surface area contributed by atoms with E-state index < -0.39 is 12.2 Å². The van der Waals surface area contributed by atoms with Gasteiger partial charge in [-0.15, -0.1) is 0 Å². The third kappa shape index (κ3) is 3.07. The predicted molar refractivity (Wildman–Crippen MR) is 60.1 cm³/mol. The van der Waals surface area contributed by atoms with Gasteiger partial charge in [0.2, 0.25) is 0 Å². The second-order valence-corrected chi connectivity index (χ2v) is 4.75. The number of hydrogen-bond acceptors (Lipinski definition) is 6. The van der Waals surface area contributed by atoms with Crippen molar-refractivity contribution in [1.29, 1.82) is 0 Å². The summed E-state index contributed by atoms with van der Waals surface area (Å²) >= 11 is 0.977. The number of carbonyl (C=O) groups excluding carboxylic acids is 1. The van der Waals surface area contributed by atoms with E-state index in [2.05, 4.69) is 5.16 Å². The topological polar surface area (TPSA) is 83.6 Å². The molecule has 16 heavy (non-hydrogen) atoms. The molecule has 1 heterocycles. The van der Waals surface area contributed by atoms with Crippen molar-refractivity contribution in [3.8, 4) is 0 Å². The van der Waals surface area contributed by atoms with Crippen molar-refractivity contribution in [1.82, 2.24) is 5.16 Å². The summed E-state index contributed by atoms with van der Waals surface area (Å²) in [6.45, 7) is 4.78. The lowest BCUT2D eigenvalue weighted by molar-refractivity contribution is -0.109. The predicted octanol–water partition coefficient (Wildman–Crippen LogP) is 0.965. The number of rotatable bonds is 4. The maximum absolute atomic E-state index is 10.7. The maximum Gasteiger partial charge on any atom is 0.185 e. The van der Waals surface area contributed by atoms with Gasteiger partial charge in [-0.2, -0.15) is 0 Å². The van der Waals surface area contributed by atoms with Crippen LogP contribution in [0.15, 0.2) is 4.52 Å². The molecule has 0 aliphatic rings. The minimum absolute atomic E-state index is 0.0926. The molecule has 0 amide bonds. The Balaban J connectivity index is 2.70. The minimum atomic E-state index is -1.07. The average molecular weight is 245 g/mol. The van der Waals surface area contributed by atoms with Crippen molar-refractivity contribution >= 4 is 16.9 Å². The molecule has 0 saturated heterocycles. The highest BCUT2D eigenvalue weighted by molar-refractivity contribution is 8.13. The van der Waals surface area contributed by atoms with E-state index in [9.17, 15) is 15.0 Å². The Kier molecular flexibility index (Phi) is 4.52. The molecule has 0 aliphatic heterocycles. The van der Waals surface area contributed by atoms with E-state index >= 15 is 0 Å². The van der Waals surface area contributed by atoms with Gasteiger partial charge < -0.3 is 14.7 Å². The molecule has 0 aliphatic carbocycles. The van der Waals surface area contributed by atoms with E-state index in [1.165, 1.54) is 6.92 Å². The molecule has 1 rings (SSSR count). The molecule has 1 aromatic rings. The summed E-state index contributed by atoms with van der Waals surface area (Å²) in [5.74, 6) is 0.637. The molecule has 6 heteroatoms. The SMILES string of the molecule is CC(=O)SCC(O)C(O)c1c(C)noc1C. The van der Waals surface area contributed by atoms with Gasteiger partial charge >= 0.3 is 0 Å². The number of hydrogen-bond donors (Lipinski definition) is 2. The van der Waals surface area contributed by atoms with E-state index in [4.69, 9.17) is 4.52 Å². The van der Waals surface area contributed by atoms with Crippen molar-refractivity contribution in [3.63, 3.8) is 0 Å². The third-order valence-electron chi connectivity index (χ3n) is 2.21. The van der Waals surface area contributed by atoms with Gasteiger partial charge in [0.15, 0.2) is 5.12 Å².